The van der Waals surface area contributed by atoms with E-state index in [0.29, 0.717) is 30.6 Å². The van der Waals surface area contributed by atoms with Crippen molar-refractivity contribution in [1.29, 1.82) is 0 Å². The molecule has 1 aromatic carbocycles. The van der Waals surface area contributed by atoms with Crippen molar-refractivity contribution in [3.05, 3.63) is 59.5 Å². The van der Waals surface area contributed by atoms with Crippen LogP contribution in [0.3, 0.4) is 0 Å². The number of nitrogens with zero attached hydrogens (tertiary/aromatic N) is 2. The summed E-state index contributed by atoms with van der Waals surface area (Å²) in [5.41, 5.74) is 1.62. The quantitative estimate of drug-likeness (QED) is 0.245. The summed E-state index contributed by atoms with van der Waals surface area (Å²) in [6, 6.07) is 11.6. The molecule has 8 nitrogen and oxygen atoms in total. The maximum atomic E-state index is 12.5. The lowest BCUT2D eigenvalue weighted by Crippen LogP contribution is -2.52. The molecule has 2 aromatic rings. The average molecular weight is 569 g/mol. The predicted molar refractivity (Wildman–Crippen MR) is 141 cm³/mol. The molecule has 3 rings (SSSR count). The van der Waals surface area contributed by atoms with Crippen molar-refractivity contribution < 1.29 is 13.9 Å². The third kappa shape index (κ3) is 8.63. The van der Waals surface area contributed by atoms with E-state index < -0.39 is 0 Å². The number of hydrogen-bond donors (Lipinski definition) is 3. The number of amides is 1. The maximum Gasteiger partial charge on any atom is 0.251 e. The summed E-state index contributed by atoms with van der Waals surface area (Å²) in [5, 5.41) is 9.69. The number of carbonyl (C=O) groups is 1. The van der Waals surface area contributed by atoms with Crippen LogP contribution in [-0.4, -0.2) is 62.7 Å². The summed E-state index contributed by atoms with van der Waals surface area (Å²) in [4.78, 5) is 19.3. The van der Waals surface area contributed by atoms with Crippen molar-refractivity contribution in [3.8, 4) is 0 Å². The topological polar surface area (TPSA) is 91.1 Å². The summed E-state index contributed by atoms with van der Waals surface area (Å²) in [7, 11) is 1.77. The van der Waals surface area contributed by atoms with E-state index in [4.69, 9.17) is 9.15 Å². The number of furan rings is 1. The average Bonchev–Trinajstić information content (AvgIpc) is 3.34. The van der Waals surface area contributed by atoms with Crippen molar-refractivity contribution in [3.63, 3.8) is 0 Å². The van der Waals surface area contributed by atoms with Gasteiger partial charge in [0, 0.05) is 44.8 Å². The van der Waals surface area contributed by atoms with Crippen molar-refractivity contribution >= 4 is 35.8 Å². The Kier molecular flexibility index (Phi) is 11.7. The van der Waals surface area contributed by atoms with Gasteiger partial charge in [-0.3, -0.25) is 14.7 Å². The summed E-state index contributed by atoms with van der Waals surface area (Å²) in [6.07, 6.45) is 1.60. The number of benzene rings is 1. The molecule has 3 N–H and O–H groups in total. The second-order valence-corrected chi connectivity index (χ2v) is 8.23. The van der Waals surface area contributed by atoms with Crippen LogP contribution in [0.25, 0.3) is 0 Å². The highest BCUT2D eigenvalue weighted by atomic mass is 127. The Balaban J connectivity index is 0.00000385. The molecule has 9 heteroatoms. The van der Waals surface area contributed by atoms with Crippen molar-refractivity contribution in [2.24, 2.45) is 10.9 Å². The highest BCUT2D eigenvalue weighted by Crippen LogP contribution is 2.12. The van der Waals surface area contributed by atoms with E-state index in [1.54, 1.807) is 19.4 Å². The Hall–Kier alpha value is -2.11. The lowest BCUT2D eigenvalue weighted by Gasteiger charge is -2.37. The molecule has 1 aromatic heterocycles. The molecule has 1 unspecified atom stereocenters. The number of guanidine groups is 1. The molecule has 0 radical (unpaired) electrons. The van der Waals surface area contributed by atoms with E-state index in [-0.39, 0.29) is 29.9 Å². The number of hydrogen-bond acceptors (Lipinski definition) is 5. The number of ether oxygens (including phenoxy) is 1. The van der Waals surface area contributed by atoms with Crippen molar-refractivity contribution in [2.45, 2.75) is 33.0 Å². The molecule has 1 atom stereocenters. The zero-order chi connectivity index (χ0) is 22.8. The van der Waals surface area contributed by atoms with Gasteiger partial charge in [-0.25, -0.2) is 0 Å². The fraction of sp³-hybridized carbons (Fsp3) is 0.500. The van der Waals surface area contributed by atoms with E-state index in [1.165, 1.54) is 0 Å². The van der Waals surface area contributed by atoms with E-state index in [0.717, 1.165) is 50.1 Å². The van der Waals surface area contributed by atoms with Crippen LogP contribution in [0.4, 0.5) is 0 Å². The normalized spacial score (nSPS) is 15.6. The van der Waals surface area contributed by atoms with E-state index >= 15 is 0 Å². The molecule has 0 spiro atoms. The van der Waals surface area contributed by atoms with Gasteiger partial charge in [-0.1, -0.05) is 26.0 Å². The first-order valence-electron chi connectivity index (χ1n) is 11.2. The van der Waals surface area contributed by atoms with E-state index in [1.807, 2.05) is 30.3 Å². The van der Waals surface area contributed by atoms with E-state index in [9.17, 15) is 4.79 Å². The Morgan fingerprint density at radius 2 is 1.88 bits per heavy atom. The van der Waals surface area contributed by atoms with Gasteiger partial charge in [0.05, 0.1) is 26.0 Å². The van der Waals surface area contributed by atoms with Crippen molar-refractivity contribution in [1.82, 2.24) is 20.9 Å². The SMILES string of the molecule is CN=C(NCc1cccc(C(=O)NCc2ccco2)c1)NCC(C(C)C)N1CCOCC1.I. The van der Waals surface area contributed by atoms with Gasteiger partial charge in [-0.2, -0.15) is 0 Å². The number of aliphatic imine (C=N–C) groups is 1. The number of nitrogens with one attached hydrogen (secondary N) is 3. The molecule has 0 bridgehead atoms. The number of halogens is 1. The smallest absolute Gasteiger partial charge is 0.251 e. The minimum atomic E-state index is -0.129. The number of rotatable bonds is 9. The third-order valence-electron chi connectivity index (χ3n) is 5.64. The van der Waals surface area contributed by atoms with Crippen LogP contribution in [0.2, 0.25) is 0 Å². The third-order valence-corrected chi connectivity index (χ3v) is 5.64. The van der Waals surface area contributed by atoms with Gasteiger partial charge in [0.1, 0.15) is 5.76 Å². The van der Waals surface area contributed by atoms with Crippen LogP contribution in [0.1, 0.15) is 35.5 Å². The molecule has 0 aliphatic carbocycles. The van der Waals surface area contributed by atoms with Gasteiger partial charge in [-0.05, 0) is 35.7 Å². The van der Waals surface area contributed by atoms with Crippen LogP contribution in [0.15, 0.2) is 52.1 Å². The molecule has 1 fully saturated rings. The second kappa shape index (κ2) is 14.2. The molecule has 182 valence electrons. The van der Waals surface area contributed by atoms with Crippen LogP contribution < -0.4 is 16.0 Å². The monoisotopic (exact) mass is 569 g/mol. The number of carbonyl (C=O) groups excluding carboxylic acids is 1. The summed E-state index contributed by atoms with van der Waals surface area (Å²) >= 11 is 0. The van der Waals surface area contributed by atoms with E-state index in [2.05, 4.69) is 39.7 Å². The van der Waals surface area contributed by atoms with Crippen LogP contribution >= 0.6 is 24.0 Å². The molecular formula is C24H36IN5O3. The van der Waals surface area contributed by atoms with Gasteiger partial charge in [-0.15, -0.1) is 24.0 Å². The highest BCUT2D eigenvalue weighted by molar-refractivity contribution is 14.0. The largest absolute Gasteiger partial charge is 0.467 e. The Labute approximate surface area is 213 Å². The lowest BCUT2D eigenvalue weighted by atomic mass is 10.0. The fourth-order valence-corrected chi connectivity index (χ4v) is 3.81. The molecule has 2 heterocycles. The molecule has 1 amide bonds. The predicted octanol–water partition coefficient (Wildman–Crippen LogP) is 2.85. The summed E-state index contributed by atoms with van der Waals surface area (Å²) in [5.74, 6) is 1.87. The first-order chi connectivity index (χ1) is 15.6. The van der Waals surface area contributed by atoms with Crippen LogP contribution in [-0.2, 0) is 17.8 Å². The summed E-state index contributed by atoms with van der Waals surface area (Å²) in [6.45, 7) is 9.77. The fourth-order valence-electron chi connectivity index (χ4n) is 3.81. The van der Waals surface area contributed by atoms with Crippen LogP contribution in [0.5, 0.6) is 0 Å². The summed E-state index contributed by atoms with van der Waals surface area (Å²) < 4.78 is 10.8. The van der Waals surface area contributed by atoms with Crippen molar-refractivity contribution in [2.75, 3.05) is 39.9 Å². The molecule has 1 aliphatic rings. The Morgan fingerprint density at radius 1 is 1.09 bits per heavy atom. The van der Waals surface area contributed by atoms with Gasteiger partial charge in [0.2, 0.25) is 0 Å². The van der Waals surface area contributed by atoms with Gasteiger partial charge < -0.3 is 25.1 Å². The minimum absolute atomic E-state index is 0. The minimum Gasteiger partial charge on any atom is -0.467 e. The maximum absolute atomic E-state index is 12.5. The zero-order valence-corrected chi connectivity index (χ0v) is 22.0. The highest BCUT2D eigenvalue weighted by Gasteiger charge is 2.23. The standard InChI is InChI=1S/C24H35N5O3.HI/c1-18(2)22(29-9-12-31-13-10-29)17-28-24(25-3)27-15-19-6-4-7-20(14-19)23(30)26-16-21-8-5-11-32-21;/h4-8,11,14,18,22H,9-10,12-13,15-17H2,1-3H3,(H,26,30)(H2,25,27,28);1H. The first kappa shape index (κ1) is 27.1. The number of morpholine rings is 1. The second-order valence-electron chi connectivity index (χ2n) is 8.23. The Bertz CT molecular complexity index is 867. The van der Waals surface area contributed by atoms with Gasteiger partial charge in [0.25, 0.3) is 5.91 Å². The molecular weight excluding hydrogens is 533 g/mol. The lowest BCUT2D eigenvalue weighted by molar-refractivity contribution is 0.00752. The Morgan fingerprint density at radius 3 is 2.55 bits per heavy atom. The van der Waals surface area contributed by atoms with Gasteiger partial charge in [0.15, 0.2) is 5.96 Å². The first-order valence-corrected chi connectivity index (χ1v) is 11.2. The molecule has 33 heavy (non-hydrogen) atoms. The molecule has 1 aliphatic heterocycles. The molecule has 0 saturated carbocycles. The molecule has 1 saturated heterocycles. The zero-order valence-electron chi connectivity index (χ0n) is 19.7. The van der Waals surface area contributed by atoms with Crippen LogP contribution in [0, 0.1) is 5.92 Å². The van der Waals surface area contributed by atoms with Gasteiger partial charge >= 0.3 is 0 Å².